The van der Waals surface area contributed by atoms with Crippen LogP contribution in [-0.2, 0) is 6.42 Å². The van der Waals surface area contributed by atoms with Crippen molar-refractivity contribution in [1.29, 1.82) is 0 Å². The highest BCUT2D eigenvalue weighted by Crippen LogP contribution is 2.27. The number of halogens is 1. The third kappa shape index (κ3) is 3.76. The summed E-state index contributed by atoms with van der Waals surface area (Å²) < 4.78 is 0. The van der Waals surface area contributed by atoms with E-state index >= 15 is 0 Å². The van der Waals surface area contributed by atoms with Crippen molar-refractivity contribution in [1.82, 2.24) is 10.3 Å². The van der Waals surface area contributed by atoms with Crippen LogP contribution < -0.4 is 5.32 Å². The van der Waals surface area contributed by atoms with Crippen LogP contribution in [0.2, 0.25) is 5.02 Å². The summed E-state index contributed by atoms with van der Waals surface area (Å²) in [5.74, 6) is -0.528. The molecule has 0 atom stereocenters. The number of benzene rings is 1. The predicted molar refractivity (Wildman–Crippen MR) is 78.4 cm³/mol. The summed E-state index contributed by atoms with van der Waals surface area (Å²) in [6.07, 6.45) is 2.21. The van der Waals surface area contributed by atoms with E-state index in [0.29, 0.717) is 13.0 Å². The first kappa shape index (κ1) is 14.9. The quantitative estimate of drug-likeness (QED) is 0.679. The van der Waals surface area contributed by atoms with E-state index in [4.69, 9.17) is 11.6 Å². The molecule has 0 saturated heterocycles. The molecular formula is C14H12ClN3O3. The molecule has 0 aliphatic heterocycles. The molecule has 0 radical (unpaired) electrons. The molecule has 1 aromatic carbocycles. The lowest BCUT2D eigenvalue weighted by Crippen LogP contribution is -2.26. The third-order valence-corrected chi connectivity index (χ3v) is 3.11. The van der Waals surface area contributed by atoms with E-state index in [1.165, 1.54) is 18.2 Å². The minimum absolute atomic E-state index is 0.0477. The maximum Gasteiger partial charge on any atom is 0.300 e. The molecule has 1 amide bonds. The van der Waals surface area contributed by atoms with E-state index in [9.17, 15) is 14.9 Å². The Morgan fingerprint density at radius 3 is 2.76 bits per heavy atom. The summed E-state index contributed by atoms with van der Waals surface area (Å²) >= 11 is 5.77. The minimum Gasteiger partial charge on any atom is -0.351 e. The number of hydrogen-bond acceptors (Lipinski definition) is 4. The summed E-state index contributed by atoms with van der Waals surface area (Å²) in [6, 6.07) is 9.75. The van der Waals surface area contributed by atoms with Crippen LogP contribution in [0.15, 0.2) is 42.6 Å². The summed E-state index contributed by atoms with van der Waals surface area (Å²) in [4.78, 5) is 26.5. The average molecular weight is 306 g/mol. The largest absolute Gasteiger partial charge is 0.351 e. The first-order valence-electron chi connectivity index (χ1n) is 6.20. The average Bonchev–Trinajstić information content (AvgIpc) is 2.47. The number of nitro benzene ring substituents is 1. The fraction of sp³-hybridized carbons (Fsp3) is 0.143. The second-order valence-electron chi connectivity index (χ2n) is 4.22. The molecule has 6 nitrogen and oxygen atoms in total. The summed E-state index contributed by atoms with van der Waals surface area (Å²) in [5.41, 5.74) is 0.404. The highest BCUT2D eigenvalue weighted by atomic mass is 35.5. The van der Waals surface area contributed by atoms with Crippen LogP contribution in [0, 0.1) is 10.1 Å². The number of carbonyl (C=O) groups is 1. The Hall–Kier alpha value is -2.47. The molecule has 108 valence electrons. The van der Waals surface area contributed by atoms with Gasteiger partial charge in [-0.2, -0.15) is 0 Å². The molecule has 1 heterocycles. The monoisotopic (exact) mass is 305 g/mol. The van der Waals surface area contributed by atoms with E-state index in [-0.39, 0.29) is 16.3 Å². The highest BCUT2D eigenvalue weighted by molar-refractivity contribution is 6.33. The van der Waals surface area contributed by atoms with Crippen LogP contribution >= 0.6 is 11.6 Å². The molecule has 0 saturated carbocycles. The summed E-state index contributed by atoms with van der Waals surface area (Å²) in [7, 11) is 0. The number of para-hydroxylation sites is 1. The van der Waals surface area contributed by atoms with Crippen molar-refractivity contribution >= 4 is 23.2 Å². The molecule has 2 rings (SSSR count). The number of nitrogens with one attached hydrogen (secondary N) is 1. The fourth-order valence-electron chi connectivity index (χ4n) is 1.83. The van der Waals surface area contributed by atoms with Crippen LogP contribution in [0.4, 0.5) is 5.69 Å². The molecule has 0 unspecified atom stereocenters. The number of amides is 1. The van der Waals surface area contributed by atoms with Gasteiger partial charge in [0.15, 0.2) is 0 Å². The predicted octanol–water partition coefficient (Wildman–Crippen LogP) is 2.62. The van der Waals surface area contributed by atoms with Gasteiger partial charge >= 0.3 is 5.69 Å². The van der Waals surface area contributed by atoms with Crippen molar-refractivity contribution in [3.8, 4) is 0 Å². The zero-order valence-electron chi connectivity index (χ0n) is 11.0. The van der Waals surface area contributed by atoms with Gasteiger partial charge in [-0.25, -0.2) is 0 Å². The van der Waals surface area contributed by atoms with Crippen LogP contribution in [0.5, 0.6) is 0 Å². The van der Waals surface area contributed by atoms with E-state index in [0.717, 1.165) is 5.69 Å². The molecular weight excluding hydrogens is 294 g/mol. The number of pyridine rings is 1. The van der Waals surface area contributed by atoms with Crippen LogP contribution in [0.3, 0.4) is 0 Å². The molecule has 0 bridgehead atoms. The van der Waals surface area contributed by atoms with Crippen LogP contribution in [0.1, 0.15) is 16.1 Å². The maximum absolute atomic E-state index is 12.0. The number of nitrogens with zero attached hydrogens (tertiary/aromatic N) is 2. The minimum atomic E-state index is -0.657. The molecule has 0 spiro atoms. The maximum atomic E-state index is 12.0. The highest BCUT2D eigenvalue weighted by Gasteiger charge is 2.23. The molecule has 0 aliphatic rings. The first-order valence-corrected chi connectivity index (χ1v) is 6.58. The van der Waals surface area contributed by atoms with E-state index in [2.05, 4.69) is 10.3 Å². The topological polar surface area (TPSA) is 85.1 Å². The van der Waals surface area contributed by atoms with Crippen molar-refractivity contribution in [2.75, 3.05) is 6.54 Å². The van der Waals surface area contributed by atoms with Crippen molar-refractivity contribution in [2.45, 2.75) is 6.42 Å². The van der Waals surface area contributed by atoms with Gasteiger partial charge in [0.25, 0.3) is 5.91 Å². The molecule has 7 heteroatoms. The number of rotatable bonds is 5. The molecule has 21 heavy (non-hydrogen) atoms. The Kier molecular flexibility index (Phi) is 4.84. The molecule has 1 aromatic heterocycles. The van der Waals surface area contributed by atoms with Gasteiger partial charge in [0, 0.05) is 24.9 Å². The van der Waals surface area contributed by atoms with Gasteiger partial charge in [0.2, 0.25) is 0 Å². The van der Waals surface area contributed by atoms with E-state index in [1.54, 1.807) is 12.3 Å². The Labute approximate surface area is 125 Å². The van der Waals surface area contributed by atoms with E-state index in [1.807, 2.05) is 12.1 Å². The zero-order chi connectivity index (χ0) is 15.2. The number of aromatic nitrogens is 1. The molecule has 0 fully saturated rings. The second kappa shape index (κ2) is 6.81. The smallest absolute Gasteiger partial charge is 0.300 e. The van der Waals surface area contributed by atoms with Gasteiger partial charge in [-0.1, -0.05) is 23.7 Å². The van der Waals surface area contributed by atoms with Crippen molar-refractivity contribution in [3.63, 3.8) is 0 Å². The second-order valence-corrected chi connectivity index (χ2v) is 4.63. The molecule has 0 aliphatic carbocycles. The van der Waals surface area contributed by atoms with Crippen molar-refractivity contribution in [2.24, 2.45) is 0 Å². The van der Waals surface area contributed by atoms with Gasteiger partial charge in [-0.3, -0.25) is 19.9 Å². The van der Waals surface area contributed by atoms with E-state index < -0.39 is 10.8 Å². The SMILES string of the molecule is O=C(NCCc1ccccn1)c1cccc(Cl)c1[N+](=O)[O-]. The lowest BCUT2D eigenvalue weighted by Gasteiger charge is -2.06. The lowest BCUT2D eigenvalue weighted by atomic mass is 10.1. The third-order valence-electron chi connectivity index (χ3n) is 2.81. The molecule has 2 aromatic rings. The lowest BCUT2D eigenvalue weighted by molar-refractivity contribution is -0.385. The summed E-state index contributed by atoms with van der Waals surface area (Å²) in [5, 5.41) is 13.5. The standard InChI is InChI=1S/C14H12ClN3O3/c15-12-6-3-5-11(13(12)18(20)21)14(19)17-9-7-10-4-1-2-8-16-10/h1-6,8H,7,9H2,(H,17,19). The summed E-state index contributed by atoms with van der Waals surface area (Å²) in [6.45, 7) is 0.333. The molecule has 1 N–H and O–H groups in total. The van der Waals surface area contributed by atoms with Crippen molar-refractivity contribution < 1.29 is 9.72 Å². The zero-order valence-corrected chi connectivity index (χ0v) is 11.7. The van der Waals surface area contributed by atoms with Gasteiger partial charge in [0.05, 0.1) is 4.92 Å². The van der Waals surface area contributed by atoms with Crippen molar-refractivity contribution in [3.05, 3.63) is 69.0 Å². The Morgan fingerprint density at radius 2 is 2.10 bits per heavy atom. The Morgan fingerprint density at radius 1 is 1.29 bits per heavy atom. The number of hydrogen-bond donors (Lipinski definition) is 1. The number of carbonyl (C=O) groups excluding carboxylic acids is 1. The van der Waals surface area contributed by atoms with Gasteiger partial charge in [-0.05, 0) is 24.3 Å². The van der Waals surface area contributed by atoms with Crippen LogP contribution in [-0.4, -0.2) is 22.4 Å². The van der Waals surface area contributed by atoms with Crippen LogP contribution in [0.25, 0.3) is 0 Å². The normalized spacial score (nSPS) is 10.1. The fourth-order valence-corrected chi connectivity index (χ4v) is 2.07. The Balaban J connectivity index is 2.04. The number of nitro groups is 1. The van der Waals surface area contributed by atoms with Gasteiger partial charge in [-0.15, -0.1) is 0 Å². The first-order chi connectivity index (χ1) is 10.1. The Bertz CT molecular complexity index is 662. The van der Waals surface area contributed by atoms with Gasteiger partial charge in [0.1, 0.15) is 10.6 Å². The van der Waals surface area contributed by atoms with Gasteiger partial charge < -0.3 is 5.32 Å².